The molecule has 3 heterocycles. The van der Waals surface area contributed by atoms with Gasteiger partial charge in [0.25, 0.3) is 5.91 Å². The second kappa shape index (κ2) is 14.0. The van der Waals surface area contributed by atoms with Crippen LogP contribution in [-0.4, -0.2) is 97.8 Å². The second-order valence-corrected chi connectivity index (χ2v) is 11.3. The zero-order chi connectivity index (χ0) is 29.5. The van der Waals surface area contributed by atoms with Gasteiger partial charge in [0.15, 0.2) is 5.16 Å². The Labute approximate surface area is 255 Å². The van der Waals surface area contributed by atoms with E-state index in [4.69, 9.17) is 26.1 Å². The minimum Gasteiger partial charge on any atom is -0.497 e. The molecule has 0 radical (unpaired) electrons. The zero-order valence-electron chi connectivity index (χ0n) is 23.9. The van der Waals surface area contributed by atoms with Crippen molar-refractivity contribution in [3.8, 4) is 5.75 Å². The molecule has 12 heteroatoms. The monoisotopic (exact) mass is 610 g/mol. The van der Waals surface area contributed by atoms with Crippen LogP contribution >= 0.6 is 23.4 Å². The van der Waals surface area contributed by atoms with Gasteiger partial charge in [-0.15, -0.1) is 0 Å². The third kappa shape index (κ3) is 7.38. The van der Waals surface area contributed by atoms with Crippen LogP contribution in [0.4, 0.5) is 16.3 Å². The van der Waals surface area contributed by atoms with Gasteiger partial charge >= 0.3 is 6.09 Å². The van der Waals surface area contributed by atoms with Crippen molar-refractivity contribution >= 4 is 46.9 Å². The molecule has 5 rings (SSSR count). The smallest absolute Gasteiger partial charge is 0.409 e. The molecule has 0 saturated carbocycles. The van der Waals surface area contributed by atoms with Crippen LogP contribution in [0.25, 0.3) is 0 Å². The number of nitrogens with zero attached hydrogens (tertiary/aromatic N) is 6. The number of halogens is 1. The molecule has 0 spiro atoms. The summed E-state index contributed by atoms with van der Waals surface area (Å²) in [5.41, 5.74) is 2.79. The van der Waals surface area contributed by atoms with Crippen LogP contribution in [0.1, 0.15) is 22.8 Å². The second-order valence-electron chi connectivity index (χ2n) is 9.97. The number of anilines is 2. The van der Waals surface area contributed by atoms with E-state index in [0.29, 0.717) is 54.4 Å². The number of hydrogen-bond acceptors (Lipinski definition) is 9. The van der Waals surface area contributed by atoms with Crippen LogP contribution in [0.5, 0.6) is 5.75 Å². The number of carbonyl (C=O) groups is 2. The van der Waals surface area contributed by atoms with Gasteiger partial charge in [-0.25, -0.2) is 14.8 Å². The Kier molecular flexibility index (Phi) is 9.91. The van der Waals surface area contributed by atoms with Gasteiger partial charge in [0.1, 0.15) is 16.7 Å². The first-order valence-electron chi connectivity index (χ1n) is 14.0. The average molecular weight is 611 g/mol. The molecular weight excluding hydrogens is 576 g/mol. The maximum atomic E-state index is 13.2. The topological polar surface area (TPSA) is 91.3 Å². The molecule has 2 saturated heterocycles. The minimum atomic E-state index is -0.328. The van der Waals surface area contributed by atoms with Crippen molar-refractivity contribution in [2.75, 3.05) is 75.9 Å². The van der Waals surface area contributed by atoms with E-state index in [-0.39, 0.29) is 12.0 Å². The van der Waals surface area contributed by atoms with E-state index < -0.39 is 0 Å². The highest BCUT2D eigenvalue weighted by Gasteiger charge is 2.26. The van der Waals surface area contributed by atoms with Crippen molar-refractivity contribution < 1.29 is 19.1 Å². The zero-order valence-corrected chi connectivity index (χ0v) is 25.4. The van der Waals surface area contributed by atoms with E-state index in [1.807, 2.05) is 42.5 Å². The molecule has 2 amide bonds. The highest BCUT2D eigenvalue weighted by Crippen LogP contribution is 2.27. The summed E-state index contributed by atoms with van der Waals surface area (Å²) < 4.78 is 10.3. The summed E-state index contributed by atoms with van der Waals surface area (Å²) in [4.78, 5) is 42.4. The number of methoxy groups -OCH3 is 1. The standard InChI is InChI=1S/C30H35ClN6O4S/c1-3-41-30(39)37-17-15-36(16-18-37)28(38)23-6-4-5-22(19-23)21-42-29-32-26(31)20-27(33-29)35-13-11-34(12-14-35)24-7-9-25(40-2)10-8-24/h4-10,19-20H,3,11-18,21H2,1-2H3. The van der Waals surface area contributed by atoms with Crippen molar-refractivity contribution in [3.63, 3.8) is 0 Å². The number of piperazine rings is 2. The highest BCUT2D eigenvalue weighted by atomic mass is 35.5. The number of hydrogen-bond donors (Lipinski definition) is 0. The fourth-order valence-electron chi connectivity index (χ4n) is 5.03. The highest BCUT2D eigenvalue weighted by molar-refractivity contribution is 7.98. The van der Waals surface area contributed by atoms with E-state index in [9.17, 15) is 9.59 Å². The lowest BCUT2D eigenvalue weighted by Gasteiger charge is -2.36. The third-order valence-electron chi connectivity index (χ3n) is 7.34. The average Bonchev–Trinajstić information content (AvgIpc) is 3.03. The summed E-state index contributed by atoms with van der Waals surface area (Å²) in [6.45, 7) is 7.39. The van der Waals surface area contributed by atoms with Gasteiger partial charge in [-0.05, 0) is 48.9 Å². The summed E-state index contributed by atoms with van der Waals surface area (Å²) in [7, 11) is 1.67. The van der Waals surface area contributed by atoms with Crippen molar-refractivity contribution in [3.05, 3.63) is 70.9 Å². The lowest BCUT2D eigenvalue weighted by atomic mass is 10.1. The van der Waals surface area contributed by atoms with Crippen LogP contribution < -0.4 is 14.5 Å². The number of aromatic nitrogens is 2. The third-order valence-corrected chi connectivity index (χ3v) is 8.45. The molecule has 1 aromatic heterocycles. The molecule has 42 heavy (non-hydrogen) atoms. The van der Waals surface area contributed by atoms with Gasteiger partial charge in [0.05, 0.1) is 13.7 Å². The first-order chi connectivity index (χ1) is 20.4. The number of amides is 2. The fraction of sp³-hybridized carbons (Fsp3) is 0.400. The molecule has 2 aliphatic heterocycles. The molecule has 10 nitrogen and oxygen atoms in total. The first kappa shape index (κ1) is 29.8. The first-order valence-corrected chi connectivity index (χ1v) is 15.4. The molecule has 0 N–H and O–H groups in total. The lowest BCUT2D eigenvalue weighted by molar-refractivity contribution is 0.0570. The van der Waals surface area contributed by atoms with Gasteiger partial charge in [-0.2, -0.15) is 0 Å². The minimum absolute atomic E-state index is 0.0413. The molecule has 2 fully saturated rings. The molecule has 0 atom stereocenters. The Bertz CT molecular complexity index is 1380. The van der Waals surface area contributed by atoms with Crippen LogP contribution in [-0.2, 0) is 10.5 Å². The molecule has 0 bridgehead atoms. The normalized spacial score (nSPS) is 15.5. The summed E-state index contributed by atoms with van der Waals surface area (Å²) in [6.07, 6.45) is -0.328. The predicted octanol–water partition coefficient (Wildman–Crippen LogP) is 4.67. The fourth-order valence-corrected chi connectivity index (χ4v) is 6.05. The van der Waals surface area contributed by atoms with Crippen LogP contribution in [0, 0.1) is 0 Å². The van der Waals surface area contributed by atoms with Crippen LogP contribution in [0.2, 0.25) is 5.15 Å². The number of ether oxygens (including phenoxy) is 2. The van der Waals surface area contributed by atoms with E-state index in [0.717, 1.165) is 43.3 Å². The Hall–Kier alpha value is -3.70. The molecule has 2 aromatic carbocycles. The van der Waals surface area contributed by atoms with Crippen molar-refractivity contribution in [1.29, 1.82) is 0 Å². The number of rotatable bonds is 8. The van der Waals surface area contributed by atoms with E-state index >= 15 is 0 Å². The molecule has 2 aliphatic rings. The quantitative estimate of drug-likeness (QED) is 0.205. The molecule has 222 valence electrons. The number of thioether (sulfide) groups is 1. The van der Waals surface area contributed by atoms with Gasteiger partial charge in [-0.3, -0.25) is 4.79 Å². The van der Waals surface area contributed by atoms with E-state index in [1.54, 1.807) is 23.8 Å². The molecule has 0 aliphatic carbocycles. The SMILES string of the molecule is CCOC(=O)N1CCN(C(=O)c2cccc(CSc3nc(Cl)cc(N4CCN(c5ccc(OC)cc5)CC4)n3)c2)CC1. The molecule has 0 unspecified atom stereocenters. The van der Waals surface area contributed by atoms with Gasteiger partial charge in [0.2, 0.25) is 0 Å². The van der Waals surface area contributed by atoms with Crippen LogP contribution in [0.15, 0.2) is 59.8 Å². The van der Waals surface area contributed by atoms with Crippen LogP contribution in [0.3, 0.4) is 0 Å². The maximum absolute atomic E-state index is 13.2. The van der Waals surface area contributed by atoms with Crippen molar-refractivity contribution in [2.24, 2.45) is 0 Å². The van der Waals surface area contributed by atoms with Gasteiger partial charge in [0, 0.05) is 75.4 Å². The summed E-state index contributed by atoms with van der Waals surface area (Å²) in [5, 5.41) is 1.01. The Morgan fingerprint density at radius 1 is 0.881 bits per heavy atom. The number of carbonyl (C=O) groups excluding carboxylic acids is 2. The Morgan fingerprint density at radius 2 is 1.57 bits per heavy atom. The molecule has 3 aromatic rings. The summed E-state index contributed by atoms with van der Waals surface area (Å²) in [5.74, 6) is 2.23. The Morgan fingerprint density at radius 3 is 2.26 bits per heavy atom. The van der Waals surface area contributed by atoms with E-state index in [2.05, 4.69) is 26.9 Å². The lowest BCUT2D eigenvalue weighted by Crippen LogP contribution is -2.50. The van der Waals surface area contributed by atoms with Crippen molar-refractivity contribution in [1.82, 2.24) is 19.8 Å². The Balaban J connectivity index is 1.16. The van der Waals surface area contributed by atoms with E-state index in [1.165, 1.54) is 17.4 Å². The maximum Gasteiger partial charge on any atom is 0.409 e. The predicted molar refractivity (Wildman–Crippen MR) is 165 cm³/mol. The molecular formula is C30H35ClN6O4S. The number of benzene rings is 2. The largest absolute Gasteiger partial charge is 0.497 e. The summed E-state index contributed by atoms with van der Waals surface area (Å²) in [6, 6.07) is 17.6. The van der Waals surface area contributed by atoms with Gasteiger partial charge in [-0.1, -0.05) is 35.5 Å². The summed E-state index contributed by atoms with van der Waals surface area (Å²) >= 11 is 7.90. The van der Waals surface area contributed by atoms with Gasteiger partial charge < -0.3 is 29.1 Å². The van der Waals surface area contributed by atoms with Crippen molar-refractivity contribution in [2.45, 2.75) is 17.8 Å².